The molecule has 1 unspecified atom stereocenters. The van der Waals surface area contributed by atoms with Crippen molar-refractivity contribution >= 4 is 70.9 Å². The molecule has 0 bridgehead atoms. The van der Waals surface area contributed by atoms with Crippen LogP contribution in [0, 0.1) is 0 Å². The van der Waals surface area contributed by atoms with Crippen LogP contribution in [0.1, 0.15) is 82.6 Å². The molecule has 18 heteroatoms. The second kappa shape index (κ2) is 20.3. The lowest BCUT2D eigenvalue weighted by atomic mass is 9.81. The molecule has 8 N–H and O–H groups in total. The zero-order valence-electron chi connectivity index (χ0n) is 40.9. The number of aromatic hydroxyl groups is 2. The predicted molar refractivity (Wildman–Crippen MR) is 278 cm³/mol. The number of benzene rings is 4. The Bertz CT molecular complexity index is 3450. The highest BCUT2D eigenvalue weighted by atomic mass is 32.2. The van der Waals surface area contributed by atoms with Crippen LogP contribution in [0.4, 0.5) is 11.4 Å². The number of aromatic amines is 2. The Kier molecular flexibility index (Phi) is 14.5. The molecule has 6 aromatic rings. The van der Waals surface area contributed by atoms with Gasteiger partial charge in [0.1, 0.15) is 24.1 Å². The first-order chi connectivity index (χ1) is 34.1. The first-order valence-electron chi connectivity index (χ1n) is 23.9. The maximum Gasteiger partial charge on any atom is 0.294 e. The van der Waals surface area contributed by atoms with Gasteiger partial charge in [0.15, 0.2) is 5.71 Å². The summed E-state index contributed by atoms with van der Waals surface area (Å²) in [5, 5.41) is 27.8. The van der Waals surface area contributed by atoms with Crippen molar-refractivity contribution in [2.45, 2.75) is 99.8 Å². The largest absolute Gasteiger partial charge is 0.508 e. The van der Waals surface area contributed by atoms with Crippen LogP contribution >= 0.6 is 0 Å². The van der Waals surface area contributed by atoms with Crippen LogP contribution < -0.4 is 15.5 Å². The van der Waals surface area contributed by atoms with Crippen LogP contribution in [-0.4, -0.2) is 93.9 Å². The van der Waals surface area contributed by atoms with Gasteiger partial charge in [-0.2, -0.15) is 21.4 Å². The molecule has 16 nitrogen and oxygen atoms in total. The van der Waals surface area contributed by atoms with Gasteiger partial charge in [-0.05, 0) is 130 Å². The van der Waals surface area contributed by atoms with Crippen molar-refractivity contribution in [1.29, 1.82) is 0 Å². The molecule has 0 spiro atoms. The Morgan fingerprint density at radius 2 is 1.38 bits per heavy atom. The zero-order valence-corrected chi connectivity index (χ0v) is 42.5. The van der Waals surface area contributed by atoms with Gasteiger partial charge in [-0.1, -0.05) is 32.1 Å². The van der Waals surface area contributed by atoms with E-state index in [1.165, 1.54) is 24.3 Å². The number of nitrogens with one attached hydrogen (secondary N) is 4. The van der Waals surface area contributed by atoms with E-state index >= 15 is 0 Å². The molecule has 1 atom stereocenters. The maximum absolute atomic E-state index is 13.8. The number of anilines is 1. The standard InChI is InChI=1S/C54H60N6O10S2/c1-6-59-47-22-18-38(71(65,66)67)30-42(47)53(2,3)49(59)13-9-7-10-14-50-54(4,5)43-31-39(72(68,69)70)19-23-48(43)60(50)26-12-8-11-15-51(63)58-46(27-35-33-57-45-21-17-37(62)29-41(35)45)52(64)55-25-24-34-32-56-44-20-16-36(61)28-40(34)44/h7,9-10,13-14,16-23,28-33,46,56-57H,6,8,11-12,15,24-27H2,1-5H3,(H5-,55,58,61,62,63,64,65,66,67,68,69,70)/p+1. The fourth-order valence-electron chi connectivity index (χ4n) is 10.1. The second-order valence-electron chi connectivity index (χ2n) is 19.4. The third kappa shape index (κ3) is 10.6. The summed E-state index contributed by atoms with van der Waals surface area (Å²) in [4.78, 5) is 35.5. The molecule has 8 rings (SSSR count). The molecule has 0 fully saturated rings. The number of hydrogen-bond acceptors (Lipinski definition) is 9. The molecule has 2 amide bonds. The number of H-pyrrole nitrogens is 2. The van der Waals surface area contributed by atoms with Gasteiger partial charge in [-0.3, -0.25) is 18.7 Å². The lowest BCUT2D eigenvalue weighted by molar-refractivity contribution is -0.438. The molecule has 4 heterocycles. The van der Waals surface area contributed by atoms with Crippen molar-refractivity contribution in [3.05, 3.63) is 144 Å². The molecule has 378 valence electrons. The van der Waals surface area contributed by atoms with E-state index in [0.717, 1.165) is 66.8 Å². The number of hydrogen-bond donors (Lipinski definition) is 8. The number of fused-ring (bicyclic) bond motifs is 4. The summed E-state index contributed by atoms with van der Waals surface area (Å²) in [5.41, 5.74) is 7.09. The van der Waals surface area contributed by atoms with Gasteiger partial charge in [0.05, 0.1) is 15.2 Å². The van der Waals surface area contributed by atoms with Gasteiger partial charge in [-0.15, -0.1) is 0 Å². The molecule has 2 aromatic heterocycles. The fraction of sp³-hybridized carbons (Fsp3) is 0.315. The van der Waals surface area contributed by atoms with E-state index in [0.29, 0.717) is 38.8 Å². The van der Waals surface area contributed by atoms with Gasteiger partial charge in [0.2, 0.25) is 17.5 Å². The van der Waals surface area contributed by atoms with Crippen LogP contribution in [0.2, 0.25) is 0 Å². The Hall–Kier alpha value is -6.99. The zero-order chi connectivity index (χ0) is 51.8. The van der Waals surface area contributed by atoms with Gasteiger partial charge in [0.25, 0.3) is 20.2 Å². The molecule has 0 aliphatic carbocycles. The molecule has 4 aromatic carbocycles. The summed E-state index contributed by atoms with van der Waals surface area (Å²) in [6.07, 6.45) is 15.9. The summed E-state index contributed by atoms with van der Waals surface area (Å²) in [6.45, 7) is 11.5. The van der Waals surface area contributed by atoms with Crippen LogP contribution in [0.5, 0.6) is 11.5 Å². The predicted octanol–water partition coefficient (Wildman–Crippen LogP) is 8.39. The van der Waals surface area contributed by atoms with Gasteiger partial charge in [0, 0.05) is 101 Å². The van der Waals surface area contributed by atoms with E-state index in [4.69, 9.17) is 0 Å². The SMILES string of the molecule is CCN1\C(=C/C=C/C=C/C2=[N+](CCCCCC(=O)NC(Cc3c[nH]c4ccc(O)cc34)C(=O)NCCc3c[nH]c4ccc(O)cc34)c3ccc(S(=O)(=O)O)cc3C2(C)C)C(C)(C)c2cc(S(=O)(=O)O)ccc21. The Balaban J connectivity index is 0.948. The van der Waals surface area contributed by atoms with Gasteiger partial charge < -0.3 is 35.7 Å². The van der Waals surface area contributed by atoms with Crippen molar-refractivity contribution in [2.24, 2.45) is 0 Å². The maximum atomic E-state index is 13.8. The fourth-order valence-corrected chi connectivity index (χ4v) is 11.2. The highest BCUT2D eigenvalue weighted by Crippen LogP contribution is 2.48. The quantitative estimate of drug-likeness (QED) is 0.0166. The molecule has 0 radical (unpaired) electrons. The number of rotatable bonds is 19. The Morgan fingerprint density at radius 3 is 2.03 bits per heavy atom. The van der Waals surface area contributed by atoms with E-state index in [-0.39, 0.29) is 52.5 Å². The molecule has 0 saturated carbocycles. The van der Waals surface area contributed by atoms with Crippen molar-refractivity contribution < 1.29 is 50.3 Å². The van der Waals surface area contributed by atoms with Crippen molar-refractivity contribution in [3.63, 3.8) is 0 Å². The van der Waals surface area contributed by atoms with E-state index in [1.54, 1.807) is 54.7 Å². The number of carbonyl (C=O) groups excluding carboxylic acids is 2. The van der Waals surface area contributed by atoms with Crippen LogP contribution in [0.3, 0.4) is 0 Å². The van der Waals surface area contributed by atoms with Crippen LogP contribution in [0.15, 0.2) is 131 Å². The minimum absolute atomic E-state index is 0.0798. The lowest BCUT2D eigenvalue weighted by Crippen LogP contribution is -2.48. The summed E-state index contributed by atoms with van der Waals surface area (Å²) in [6, 6.07) is 18.3. The molecule has 2 aliphatic heterocycles. The Labute approximate surface area is 419 Å². The van der Waals surface area contributed by atoms with Crippen molar-refractivity contribution in [1.82, 2.24) is 20.6 Å². The molecule has 2 aliphatic rings. The van der Waals surface area contributed by atoms with E-state index < -0.39 is 37.1 Å². The summed E-state index contributed by atoms with van der Waals surface area (Å²) < 4.78 is 70.3. The number of allylic oxidation sites excluding steroid dienone is 6. The lowest BCUT2D eigenvalue weighted by Gasteiger charge is -2.25. The molecular formula is C54H61N6O10S2+. The topological polar surface area (TPSA) is 245 Å². The number of nitrogens with zero attached hydrogens (tertiary/aromatic N) is 2. The molecule has 0 saturated heterocycles. The summed E-state index contributed by atoms with van der Waals surface area (Å²) in [7, 11) is -8.86. The monoisotopic (exact) mass is 1020 g/mol. The highest BCUT2D eigenvalue weighted by Gasteiger charge is 2.45. The van der Waals surface area contributed by atoms with Gasteiger partial charge in [-0.25, -0.2) is 0 Å². The second-order valence-corrected chi connectivity index (χ2v) is 22.2. The molecular weight excluding hydrogens is 957 g/mol. The van der Waals surface area contributed by atoms with E-state index in [2.05, 4.69) is 30.1 Å². The molecule has 72 heavy (non-hydrogen) atoms. The number of carbonyl (C=O) groups is 2. The van der Waals surface area contributed by atoms with Crippen molar-refractivity contribution in [3.8, 4) is 11.5 Å². The Morgan fingerprint density at radius 1 is 0.750 bits per heavy atom. The first kappa shape index (κ1) is 51.4. The number of amides is 2. The van der Waals surface area contributed by atoms with E-state index in [1.807, 2.05) is 71.2 Å². The first-order valence-corrected chi connectivity index (χ1v) is 26.8. The number of unbranched alkanes of at least 4 members (excludes halogenated alkanes) is 2. The van der Waals surface area contributed by atoms with Gasteiger partial charge >= 0.3 is 0 Å². The summed E-state index contributed by atoms with van der Waals surface area (Å²) in [5.74, 6) is -0.426. The number of likely N-dealkylation sites (N-methyl/N-ethyl adjacent to an activating group) is 1. The average molecular weight is 1020 g/mol. The number of aromatic nitrogens is 2. The minimum Gasteiger partial charge on any atom is -0.508 e. The minimum atomic E-state index is -4.48. The highest BCUT2D eigenvalue weighted by molar-refractivity contribution is 7.86. The van der Waals surface area contributed by atoms with Crippen LogP contribution in [-0.2, 0) is 53.5 Å². The third-order valence-electron chi connectivity index (χ3n) is 13.9. The number of phenolic OH excluding ortho intramolecular Hbond substituents is 2. The van der Waals surface area contributed by atoms with E-state index in [9.17, 15) is 45.7 Å². The third-order valence-corrected chi connectivity index (χ3v) is 15.6. The average Bonchev–Trinajstić information content (AvgIpc) is 4.03. The normalized spacial score (nSPS) is 16.4. The number of phenols is 2. The van der Waals surface area contributed by atoms with Crippen molar-refractivity contribution in [2.75, 3.05) is 24.5 Å². The van der Waals surface area contributed by atoms with Crippen LogP contribution in [0.25, 0.3) is 21.8 Å². The summed E-state index contributed by atoms with van der Waals surface area (Å²) >= 11 is 0. The smallest absolute Gasteiger partial charge is 0.294 e.